The number of ether oxygens (including phenoxy) is 1. The van der Waals surface area contributed by atoms with Crippen molar-refractivity contribution in [3.8, 4) is 0 Å². The van der Waals surface area contributed by atoms with Crippen LogP contribution in [-0.2, 0) is 11.3 Å². The van der Waals surface area contributed by atoms with E-state index in [0.717, 1.165) is 6.07 Å². The van der Waals surface area contributed by atoms with E-state index in [2.05, 4.69) is 9.72 Å². The van der Waals surface area contributed by atoms with Gasteiger partial charge in [0.2, 0.25) is 0 Å². The molecule has 0 aliphatic heterocycles. The van der Waals surface area contributed by atoms with Crippen molar-refractivity contribution in [2.45, 2.75) is 6.54 Å². The summed E-state index contributed by atoms with van der Waals surface area (Å²) >= 11 is 0. The van der Waals surface area contributed by atoms with Gasteiger partial charge < -0.3 is 10.5 Å². The van der Waals surface area contributed by atoms with Crippen molar-refractivity contribution >= 4 is 5.97 Å². The SMILES string of the molecule is COC(=O)c1cnc(CN)c(F)c1. The maximum Gasteiger partial charge on any atom is 0.339 e. The maximum atomic E-state index is 13.0. The van der Waals surface area contributed by atoms with Crippen LogP contribution in [0, 0.1) is 5.82 Å². The minimum absolute atomic E-state index is 0.00723. The van der Waals surface area contributed by atoms with E-state index in [1.165, 1.54) is 13.3 Å². The van der Waals surface area contributed by atoms with Crippen LogP contribution in [0.4, 0.5) is 4.39 Å². The number of aromatic nitrogens is 1. The molecule has 2 N–H and O–H groups in total. The average molecular weight is 184 g/mol. The Hall–Kier alpha value is -1.49. The molecule has 70 valence electrons. The van der Waals surface area contributed by atoms with Gasteiger partial charge in [-0.2, -0.15) is 0 Å². The first-order valence-corrected chi connectivity index (χ1v) is 3.62. The molecule has 0 saturated carbocycles. The van der Waals surface area contributed by atoms with Crippen molar-refractivity contribution in [1.82, 2.24) is 4.98 Å². The molecule has 5 heteroatoms. The number of nitrogens with zero attached hydrogens (tertiary/aromatic N) is 1. The summed E-state index contributed by atoms with van der Waals surface area (Å²) in [6.45, 7) is 0.00723. The average Bonchev–Trinajstić information content (AvgIpc) is 2.16. The predicted molar refractivity (Wildman–Crippen MR) is 43.4 cm³/mol. The number of methoxy groups -OCH3 is 1. The number of esters is 1. The van der Waals surface area contributed by atoms with Crippen molar-refractivity contribution in [3.63, 3.8) is 0 Å². The van der Waals surface area contributed by atoms with Crippen LogP contribution in [0.5, 0.6) is 0 Å². The van der Waals surface area contributed by atoms with Crippen LogP contribution >= 0.6 is 0 Å². The Kier molecular flexibility index (Phi) is 2.92. The summed E-state index contributed by atoms with van der Waals surface area (Å²) in [5.41, 5.74) is 5.40. The van der Waals surface area contributed by atoms with Gasteiger partial charge in [-0.05, 0) is 6.07 Å². The summed E-state index contributed by atoms with van der Waals surface area (Å²) in [6.07, 6.45) is 1.23. The molecule has 0 fully saturated rings. The van der Waals surface area contributed by atoms with Crippen LogP contribution in [0.15, 0.2) is 12.3 Å². The third-order valence-corrected chi connectivity index (χ3v) is 1.53. The zero-order valence-corrected chi connectivity index (χ0v) is 7.08. The Labute approximate surface area is 74.5 Å². The Morgan fingerprint density at radius 1 is 1.77 bits per heavy atom. The second-order valence-corrected chi connectivity index (χ2v) is 2.35. The lowest BCUT2D eigenvalue weighted by Crippen LogP contribution is -2.07. The molecule has 1 rings (SSSR count). The summed E-state index contributed by atoms with van der Waals surface area (Å²) < 4.78 is 17.4. The number of halogens is 1. The smallest absolute Gasteiger partial charge is 0.339 e. The monoisotopic (exact) mass is 184 g/mol. The molecule has 13 heavy (non-hydrogen) atoms. The van der Waals surface area contributed by atoms with Crippen molar-refractivity contribution in [2.75, 3.05) is 7.11 Å². The van der Waals surface area contributed by atoms with Crippen molar-refractivity contribution in [3.05, 3.63) is 29.3 Å². The molecule has 0 saturated heterocycles. The van der Waals surface area contributed by atoms with Crippen molar-refractivity contribution < 1.29 is 13.9 Å². The second kappa shape index (κ2) is 3.95. The molecule has 0 aliphatic carbocycles. The molecule has 0 aromatic carbocycles. The number of carbonyl (C=O) groups is 1. The molecule has 0 atom stereocenters. The number of hydrogen-bond donors (Lipinski definition) is 1. The molecule has 0 unspecified atom stereocenters. The third-order valence-electron chi connectivity index (χ3n) is 1.53. The van der Waals surface area contributed by atoms with E-state index >= 15 is 0 Å². The van der Waals surface area contributed by atoms with E-state index in [1.807, 2.05) is 0 Å². The van der Waals surface area contributed by atoms with Crippen LogP contribution in [-0.4, -0.2) is 18.1 Å². The van der Waals surface area contributed by atoms with E-state index in [9.17, 15) is 9.18 Å². The third kappa shape index (κ3) is 2.00. The number of hydrogen-bond acceptors (Lipinski definition) is 4. The summed E-state index contributed by atoms with van der Waals surface area (Å²) in [7, 11) is 1.22. The van der Waals surface area contributed by atoms with Gasteiger partial charge in [0.05, 0.1) is 18.4 Å². The van der Waals surface area contributed by atoms with Gasteiger partial charge in [-0.3, -0.25) is 4.98 Å². The van der Waals surface area contributed by atoms with Gasteiger partial charge in [-0.25, -0.2) is 9.18 Å². The first-order valence-electron chi connectivity index (χ1n) is 3.62. The normalized spacial score (nSPS) is 9.77. The van der Waals surface area contributed by atoms with Gasteiger partial charge in [0, 0.05) is 12.7 Å². The lowest BCUT2D eigenvalue weighted by Gasteiger charge is -2.01. The molecular weight excluding hydrogens is 175 g/mol. The van der Waals surface area contributed by atoms with Crippen LogP contribution in [0.2, 0.25) is 0 Å². The molecule has 0 amide bonds. The summed E-state index contributed by atoms with van der Waals surface area (Å²) in [4.78, 5) is 14.6. The van der Waals surface area contributed by atoms with Gasteiger partial charge in [-0.15, -0.1) is 0 Å². The highest BCUT2D eigenvalue weighted by atomic mass is 19.1. The molecule has 0 aliphatic rings. The Balaban J connectivity index is 3.02. The van der Waals surface area contributed by atoms with E-state index < -0.39 is 11.8 Å². The maximum absolute atomic E-state index is 13.0. The Morgan fingerprint density at radius 3 is 2.92 bits per heavy atom. The van der Waals surface area contributed by atoms with Crippen LogP contribution in [0.25, 0.3) is 0 Å². The highest BCUT2D eigenvalue weighted by molar-refractivity contribution is 5.88. The molecular formula is C8H9FN2O2. The minimum Gasteiger partial charge on any atom is -0.465 e. The molecule has 0 bridgehead atoms. The number of carbonyl (C=O) groups excluding carboxylic acids is 1. The Bertz CT molecular complexity index is 328. The largest absolute Gasteiger partial charge is 0.465 e. The Morgan fingerprint density at radius 2 is 2.46 bits per heavy atom. The molecule has 4 nitrogen and oxygen atoms in total. The fourth-order valence-electron chi connectivity index (χ4n) is 0.846. The minimum atomic E-state index is -0.616. The number of rotatable bonds is 2. The topological polar surface area (TPSA) is 65.2 Å². The summed E-state index contributed by atoms with van der Waals surface area (Å²) in [5, 5.41) is 0. The summed E-state index contributed by atoms with van der Waals surface area (Å²) in [5.74, 6) is -1.21. The van der Waals surface area contributed by atoms with Crippen LogP contribution in [0.3, 0.4) is 0 Å². The molecule has 1 aromatic rings. The van der Waals surface area contributed by atoms with Crippen LogP contribution < -0.4 is 5.73 Å². The lowest BCUT2D eigenvalue weighted by atomic mass is 10.2. The first kappa shape index (κ1) is 9.60. The van der Waals surface area contributed by atoms with E-state index in [4.69, 9.17) is 5.73 Å². The molecule has 0 radical (unpaired) electrons. The van der Waals surface area contributed by atoms with Crippen molar-refractivity contribution in [1.29, 1.82) is 0 Å². The van der Waals surface area contributed by atoms with Gasteiger partial charge >= 0.3 is 5.97 Å². The van der Waals surface area contributed by atoms with Crippen molar-refractivity contribution in [2.24, 2.45) is 5.73 Å². The van der Waals surface area contributed by atoms with E-state index in [1.54, 1.807) is 0 Å². The molecule has 0 spiro atoms. The molecule has 1 heterocycles. The number of pyridine rings is 1. The van der Waals surface area contributed by atoms with Gasteiger partial charge in [0.1, 0.15) is 5.82 Å². The highest BCUT2D eigenvalue weighted by Gasteiger charge is 2.09. The zero-order valence-electron chi connectivity index (χ0n) is 7.08. The van der Waals surface area contributed by atoms with E-state index in [0.29, 0.717) is 0 Å². The highest BCUT2D eigenvalue weighted by Crippen LogP contribution is 2.07. The summed E-state index contributed by atoms with van der Waals surface area (Å²) in [6, 6.07) is 1.06. The second-order valence-electron chi connectivity index (χ2n) is 2.35. The quantitative estimate of drug-likeness (QED) is 0.678. The van der Waals surface area contributed by atoms with Crippen LogP contribution in [0.1, 0.15) is 16.1 Å². The van der Waals surface area contributed by atoms with Gasteiger partial charge in [0.25, 0.3) is 0 Å². The lowest BCUT2D eigenvalue weighted by molar-refractivity contribution is 0.0599. The fraction of sp³-hybridized carbons (Fsp3) is 0.250. The first-order chi connectivity index (χ1) is 6.19. The van der Waals surface area contributed by atoms with Gasteiger partial charge in [0.15, 0.2) is 0 Å². The predicted octanol–water partition coefficient (Wildman–Crippen LogP) is 0.466. The zero-order chi connectivity index (χ0) is 9.84. The number of nitrogens with two attached hydrogens (primary N) is 1. The standard InChI is InChI=1S/C8H9FN2O2/c1-13-8(12)5-2-6(9)7(3-10)11-4-5/h2,4H,3,10H2,1H3. The van der Waals surface area contributed by atoms with Gasteiger partial charge in [-0.1, -0.05) is 0 Å². The van der Waals surface area contributed by atoms with E-state index in [-0.39, 0.29) is 17.8 Å². The molecule has 1 aromatic heterocycles. The fourth-order valence-corrected chi connectivity index (χ4v) is 0.846.